The summed E-state index contributed by atoms with van der Waals surface area (Å²) in [6.07, 6.45) is 6.49. The number of rotatable bonds is 7. The highest BCUT2D eigenvalue weighted by Gasteiger charge is 2.11. The van der Waals surface area contributed by atoms with E-state index in [0.717, 1.165) is 11.3 Å². The molecule has 3 N–H and O–H groups in total. The third-order valence-electron chi connectivity index (χ3n) is 4.56. The van der Waals surface area contributed by atoms with Crippen LogP contribution in [0.15, 0.2) is 91.3 Å². The van der Waals surface area contributed by atoms with Crippen LogP contribution in [0.3, 0.4) is 0 Å². The molecule has 0 aliphatic carbocycles. The van der Waals surface area contributed by atoms with Crippen LogP contribution >= 0.6 is 11.6 Å². The van der Waals surface area contributed by atoms with Crippen LogP contribution in [0.4, 0.5) is 23.0 Å². The maximum absolute atomic E-state index is 12.9. The van der Waals surface area contributed by atoms with Crippen LogP contribution in [0.5, 0.6) is 5.75 Å². The molecule has 4 rings (SSSR count). The molecule has 0 fully saturated rings. The van der Waals surface area contributed by atoms with Gasteiger partial charge in [-0.2, -0.15) is 0 Å². The second-order valence-electron chi connectivity index (χ2n) is 6.84. The highest BCUT2D eigenvalue weighted by Crippen LogP contribution is 2.23. The number of hydrogen-bond acceptors (Lipinski definition) is 6. The molecule has 0 aliphatic heterocycles. The first-order chi connectivity index (χ1) is 15.6. The van der Waals surface area contributed by atoms with Crippen molar-refractivity contribution in [2.24, 2.45) is 0 Å². The average molecular weight is 443 g/mol. The minimum Gasteiger partial charge on any atom is -0.508 e. The zero-order chi connectivity index (χ0) is 22.3. The van der Waals surface area contributed by atoms with Crippen LogP contribution < -0.4 is 10.6 Å². The first-order valence-electron chi connectivity index (χ1n) is 9.79. The number of aromatic hydroxyl groups is 1. The van der Waals surface area contributed by atoms with Gasteiger partial charge in [0, 0.05) is 34.4 Å². The first kappa shape index (κ1) is 21.1. The second kappa shape index (κ2) is 9.76. The Morgan fingerprint density at radius 3 is 2.12 bits per heavy atom. The van der Waals surface area contributed by atoms with Crippen molar-refractivity contribution in [3.8, 4) is 5.75 Å². The van der Waals surface area contributed by atoms with Gasteiger partial charge in [0.2, 0.25) is 0 Å². The summed E-state index contributed by atoms with van der Waals surface area (Å²) in [4.78, 5) is 21.6. The largest absolute Gasteiger partial charge is 0.508 e. The Bertz CT molecular complexity index is 1260. The number of nitrogens with zero attached hydrogens (tertiary/aromatic N) is 2. The molecule has 158 valence electrons. The van der Waals surface area contributed by atoms with Crippen LogP contribution in [0, 0.1) is 0 Å². The number of aromatic nitrogens is 2. The SMILES string of the molecule is O=C(C=Cc1cccnc1Nc1ccc(Cl)cc1)c1cccnc1Nc1ccc(O)cc1. The topological polar surface area (TPSA) is 87.1 Å². The second-order valence-corrected chi connectivity index (χ2v) is 7.28. The zero-order valence-electron chi connectivity index (χ0n) is 16.9. The molecule has 6 nitrogen and oxygen atoms in total. The molecule has 32 heavy (non-hydrogen) atoms. The number of phenols is 1. The number of carbonyl (C=O) groups is 1. The summed E-state index contributed by atoms with van der Waals surface area (Å²) in [6.45, 7) is 0. The van der Waals surface area contributed by atoms with Gasteiger partial charge < -0.3 is 15.7 Å². The molecule has 0 bridgehead atoms. The molecular formula is C25H19ClN4O2. The Morgan fingerprint density at radius 2 is 1.41 bits per heavy atom. The standard InChI is InChI=1S/C25H19ClN4O2/c26-18-6-8-19(9-7-18)29-24-17(3-1-15-27-24)5-14-23(32)22-4-2-16-28-25(22)30-20-10-12-21(31)13-11-20/h1-16,31H,(H,27,29)(H,28,30). The van der Waals surface area contributed by atoms with Gasteiger partial charge >= 0.3 is 0 Å². The normalized spacial score (nSPS) is 10.8. The predicted molar refractivity (Wildman–Crippen MR) is 128 cm³/mol. The van der Waals surface area contributed by atoms with Crippen molar-refractivity contribution in [2.45, 2.75) is 0 Å². The molecule has 0 radical (unpaired) electrons. The fourth-order valence-corrected chi connectivity index (χ4v) is 3.09. The van der Waals surface area contributed by atoms with Gasteiger partial charge in [0.1, 0.15) is 17.4 Å². The maximum Gasteiger partial charge on any atom is 0.189 e. The van der Waals surface area contributed by atoms with Crippen LogP contribution in [0.1, 0.15) is 15.9 Å². The fraction of sp³-hybridized carbons (Fsp3) is 0. The van der Waals surface area contributed by atoms with E-state index in [-0.39, 0.29) is 11.5 Å². The van der Waals surface area contributed by atoms with E-state index < -0.39 is 0 Å². The number of anilines is 4. The Morgan fingerprint density at radius 1 is 0.812 bits per heavy atom. The number of nitrogens with one attached hydrogen (secondary N) is 2. The molecule has 0 atom stereocenters. The molecule has 2 heterocycles. The number of halogens is 1. The van der Waals surface area contributed by atoms with E-state index in [9.17, 15) is 9.90 Å². The summed E-state index contributed by atoms with van der Waals surface area (Å²) in [5.41, 5.74) is 2.73. The molecule has 0 spiro atoms. The van der Waals surface area contributed by atoms with Crippen molar-refractivity contribution in [3.05, 3.63) is 107 Å². The Hall–Kier alpha value is -4.16. The van der Waals surface area contributed by atoms with Crippen molar-refractivity contribution in [1.29, 1.82) is 0 Å². The van der Waals surface area contributed by atoms with E-state index in [1.54, 1.807) is 73.1 Å². The molecule has 0 saturated heterocycles. The minimum absolute atomic E-state index is 0.162. The van der Waals surface area contributed by atoms with Gasteiger partial charge in [0.25, 0.3) is 0 Å². The molecule has 2 aromatic carbocycles. The number of phenolic OH excluding ortho intramolecular Hbond substituents is 1. The van der Waals surface area contributed by atoms with Crippen molar-refractivity contribution < 1.29 is 9.90 Å². The summed E-state index contributed by atoms with van der Waals surface area (Å²) in [5, 5.41) is 16.4. The lowest BCUT2D eigenvalue weighted by Gasteiger charge is -2.10. The van der Waals surface area contributed by atoms with Crippen molar-refractivity contribution in [1.82, 2.24) is 9.97 Å². The van der Waals surface area contributed by atoms with E-state index >= 15 is 0 Å². The fourth-order valence-electron chi connectivity index (χ4n) is 2.97. The Labute approximate surface area is 190 Å². The van der Waals surface area contributed by atoms with Gasteiger partial charge in [0.15, 0.2) is 5.78 Å². The predicted octanol–water partition coefficient (Wildman–Crippen LogP) is 6.22. The van der Waals surface area contributed by atoms with Crippen LogP contribution in [-0.4, -0.2) is 20.9 Å². The molecule has 7 heteroatoms. The third-order valence-corrected chi connectivity index (χ3v) is 4.82. The molecule has 4 aromatic rings. The lowest BCUT2D eigenvalue weighted by molar-refractivity contribution is 0.104. The molecule has 0 unspecified atom stereocenters. The summed E-state index contributed by atoms with van der Waals surface area (Å²) < 4.78 is 0. The van der Waals surface area contributed by atoms with E-state index in [4.69, 9.17) is 11.6 Å². The summed E-state index contributed by atoms with van der Waals surface area (Å²) >= 11 is 5.95. The van der Waals surface area contributed by atoms with Crippen molar-refractivity contribution in [3.63, 3.8) is 0 Å². The van der Waals surface area contributed by atoms with E-state index in [1.165, 1.54) is 6.08 Å². The van der Waals surface area contributed by atoms with E-state index in [2.05, 4.69) is 20.6 Å². The molecule has 2 aromatic heterocycles. The number of pyridine rings is 2. The highest BCUT2D eigenvalue weighted by molar-refractivity contribution is 6.30. The lowest BCUT2D eigenvalue weighted by Crippen LogP contribution is -2.03. The summed E-state index contributed by atoms with van der Waals surface area (Å²) in [6, 6.07) is 20.9. The summed E-state index contributed by atoms with van der Waals surface area (Å²) in [7, 11) is 0. The molecule has 0 saturated carbocycles. The van der Waals surface area contributed by atoms with Gasteiger partial charge in [-0.15, -0.1) is 0 Å². The Balaban J connectivity index is 1.54. The van der Waals surface area contributed by atoms with Gasteiger partial charge in [-0.3, -0.25) is 4.79 Å². The lowest BCUT2D eigenvalue weighted by atomic mass is 10.1. The van der Waals surface area contributed by atoms with Crippen LogP contribution in [0.2, 0.25) is 5.02 Å². The van der Waals surface area contributed by atoms with E-state index in [0.29, 0.717) is 27.9 Å². The quantitative estimate of drug-likeness (QED) is 0.179. The Kier molecular flexibility index (Phi) is 6.43. The number of allylic oxidation sites excluding steroid dienone is 1. The van der Waals surface area contributed by atoms with Crippen molar-refractivity contribution in [2.75, 3.05) is 10.6 Å². The maximum atomic E-state index is 12.9. The van der Waals surface area contributed by atoms with E-state index in [1.807, 2.05) is 18.2 Å². The average Bonchev–Trinajstić information content (AvgIpc) is 2.81. The van der Waals surface area contributed by atoms with Gasteiger partial charge in [0.05, 0.1) is 5.56 Å². The smallest absolute Gasteiger partial charge is 0.189 e. The first-order valence-corrected chi connectivity index (χ1v) is 10.2. The number of ketones is 1. The molecule has 0 aliphatic rings. The number of benzene rings is 2. The minimum atomic E-state index is -0.208. The van der Waals surface area contributed by atoms with Gasteiger partial charge in [-0.1, -0.05) is 11.6 Å². The highest BCUT2D eigenvalue weighted by atomic mass is 35.5. The molecular weight excluding hydrogens is 424 g/mol. The zero-order valence-corrected chi connectivity index (χ0v) is 17.6. The molecule has 0 amide bonds. The van der Waals surface area contributed by atoms with Crippen LogP contribution in [0.25, 0.3) is 6.08 Å². The monoisotopic (exact) mass is 442 g/mol. The van der Waals surface area contributed by atoms with Crippen molar-refractivity contribution >= 4 is 46.5 Å². The number of carbonyl (C=O) groups excluding carboxylic acids is 1. The number of hydrogen-bond donors (Lipinski definition) is 3. The van der Waals surface area contributed by atoms with Crippen LogP contribution in [-0.2, 0) is 0 Å². The van der Waals surface area contributed by atoms with Gasteiger partial charge in [-0.25, -0.2) is 9.97 Å². The van der Waals surface area contributed by atoms with Gasteiger partial charge in [-0.05, 0) is 84.9 Å². The summed E-state index contributed by atoms with van der Waals surface area (Å²) in [5.74, 6) is 1.00. The third kappa shape index (κ3) is 5.30.